The smallest absolute Gasteiger partial charge is 0.254 e. The first-order chi connectivity index (χ1) is 8.91. The molecule has 3 nitrogen and oxygen atoms in total. The third-order valence-electron chi connectivity index (χ3n) is 2.92. The highest BCUT2D eigenvalue weighted by Crippen LogP contribution is 2.32. The van der Waals surface area contributed by atoms with Crippen molar-refractivity contribution < 1.29 is 0 Å². The van der Waals surface area contributed by atoms with Gasteiger partial charge in [0.1, 0.15) is 5.82 Å². The molecule has 0 saturated heterocycles. The molecular weight excluding hydrogens is 283 g/mol. The Balaban J connectivity index is 2.69. The molecule has 0 atom stereocenters. The van der Waals surface area contributed by atoms with Crippen molar-refractivity contribution in [1.29, 1.82) is 0 Å². The molecule has 0 aliphatic rings. The summed E-state index contributed by atoms with van der Waals surface area (Å²) in [5, 5.41) is 0.930. The van der Waals surface area contributed by atoms with Gasteiger partial charge in [-0.2, -0.15) is 0 Å². The molecule has 1 aromatic carbocycles. The van der Waals surface area contributed by atoms with Crippen molar-refractivity contribution in [3.8, 4) is 11.4 Å². The van der Waals surface area contributed by atoms with Crippen LogP contribution in [0.15, 0.2) is 23.0 Å². The molecule has 0 saturated carbocycles. The molecule has 1 aromatic heterocycles. The summed E-state index contributed by atoms with van der Waals surface area (Å²) in [6, 6.07) is 5.19. The molecule has 0 unspecified atom stereocenters. The van der Waals surface area contributed by atoms with Crippen LogP contribution in [0, 0.1) is 6.92 Å². The largest absolute Gasteiger partial charge is 0.306 e. The minimum Gasteiger partial charge on any atom is -0.306 e. The van der Waals surface area contributed by atoms with Gasteiger partial charge in [0.15, 0.2) is 0 Å². The molecule has 1 N–H and O–H groups in total. The molecule has 0 bridgehead atoms. The number of hydrogen-bond acceptors (Lipinski definition) is 2. The number of benzene rings is 1. The molecule has 1 heterocycles. The van der Waals surface area contributed by atoms with Crippen molar-refractivity contribution in [3.63, 3.8) is 0 Å². The third kappa shape index (κ3) is 2.67. The SMILES string of the molecule is Cc1nc(-c2c(Cl)cccc2Cl)[nH]c(=O)c1C(C)C. The highest BCUT2D eigenvalue weighted by atomic mass is 35.5. The molecule has 5 heteroatoms. The predicted molar refractivity (Wildman–Crippen MR) is 79.1 cm³/mol. The summed E-state index contributed by atoms with van der Waals surface area (Å²) < 4.78 is 0. The van der Waals surface area contributed by atoms with Crippen LogP contribution in [-0.4, -0.2) is 9.97 Å². The summed E-state index contributed by atoms with van der Waals surface area (Å²) in [5.41, 5.74) is 1.80. The van der Waals surface area contributed by atoms with Gasteiger partial charge < -0.3 is 4.98 Å². The second-order valence-corrected chi connectivity index (χ2v) is 5.48. The van der Waals surface area contributed by atoms with Crippen LogP contribution in [-0.2, 0) is 0 Å². The van der Waals surface area contributed by atoms with E-state index in [0.29, 0.717) is 32.7 Å². The first kappa shape index (κ1) is 14.1. The highest BCUT2D eigenvalue weighted by molar-refractivity contribution is 6.38. The van der Waals surface area contributed by atoms with Crippen LogP contribution >= 0.6 is 23.2 Å². The Morgan fingerprint density at radius 1 is 1.21 bits per heavy atom. The molecule has 2 aromatic rings. The number of aryl methyl sites for hydroxylation is 1. The number of H-pyrrole nitrogens is 1. The van der Waals surface area contributed by atoms with Gasteiger partial charge in [-0.1, -0.05) is 43.1 Å². The fraction of sp³-hybridized carbons (Fsp3) is 0.286. The monoisotopic (exact) mass is 296 g/mol. The average Bonchev–Trinajstić information content (AvgIpc) is 2.26. The Labute approximate surface area is 121 Å². The molecule has 0 spiro atoms. The van der Waals surface area contributed by atoms with Gasteiger partial charge in [0.05, 0.1) is 15.6 Å². The van der Waals surface area contributed by atoms with Crippen molar-refractivity contribution in [2.45, 2.75) is 26.7 Å². The van der Waals surface area contributed by atoms with Crippen molar-refractivity contribution in [3.05, 3.63) is 49.9 Å². The Morgan fingerprint density at radius 3 is 2.26 bits per heavy atom. The van der Waals surface area contributed by atoms with Crippen molar-refractivity contribution in [1.82, 2.24) is 9.97 Å². The van der Waals surface area contributed by atoms with Gasteiger partial charge in [-0.25, -0.2) is 4.98 Å². The van der Waals surface area contributed by atoms with E-state index < -0.39 is 0 Å². The Morgan fingerprint density at radius 2 is 1.79 bits per heavy atom. The quantitative estimate of drug-likeness (QED) is 0.904. The zero-order chi connectivity index (χ0) is 14.2. The van der Waals surface area contributed by atoms with Gasteiger partial charge in [-0.05, 0) is 25.0 Å². The lowest BCUT2D eigenvalue weighted by atomic mass is 10.0. The average molecular weight is 297 g/mol. The molecule has 0 fully saturated rings. The number of halogens is 2. The molecular formula is C14H14Cl2N2O. The standard InChI is InChI=1S/C14H14Cl2N2O/c1-7(2)11-8(3)17-13(18-14(11)19)12-9(15)5-4-6-10(12)16/h4-7H,1-3H3,(H,17,18,19). The number of hydrogen-bond donors (Lipinski definition) is 1. The van der Waals surface area contributed by atoms with E-state index in [1.165, 1.54) is 0 Å². The summed E-state index contributed by atoms with van der Waals surface area (Å²) in [5.74, 6) is 0.523. The van der Waals surface area contributed by atoms with E-state index in [2.05, 4.69) is 9.97 Å². The molecule has 2 rings (SSSR count). The van der Waals surface area contributed by atoms with Crippen LogP contribution in [0.4, 0.5) is 0 Å². The fourth-order valence-electron chi connectivity index (χ4n) is 2.12. The van der Waals surface area contributed by atoms with Gasteiger partial charge in [-0.15, -0.1) is 0 Å². The molecule has 0 aliphatic heterocycles. The first-order valence-electron chi connectivity index (χ1n) is 5.97. The number of aromatic amines is 1. The van der Waals surface area contributed by atoms with Gasteiger partial charge >= 0.3 is 0 Å². The zero-order valence-electron chi connectivity index (χ0n) is 10.9. The van der Waals surface area contributed by atoms with Crippen molar-refractivity contribution in [2.75, 3.05) is 0 Å². The molecule has 0 amide bonds. The summed E-state index contributed by atoms with van der Waals surface area (Å²) >= 11 is 12.2. The number of nitrogens with zero attached hydrogens (tertiary/aromatic N) is 1. The van der Waals surface area contributed by atoms with Gasteiger partial charge in [0.2, 0.25) is 0 Å². The second kappa shape index (κ2) is 5.35. The van der Waals surface area contributed by atoms with Crippen LogP contribution < -0.4 is 5.56 Å². The summed E-state index contributed by atoms with van der Waals surface area (Å²) in [4.78, 5) is 19.3. The van der Waals surface area contributed by atoms with Crippen LogP contribution in [0.2, 0.25) is 10.0 Å². The van der Waals surface area contributed by atoms with E-state index in [0.717, 1.165) is 0 Å². The van der Waals surface area contributed by atoms with E-state index >= 15 is 0 Å². The molecule has 0 radical (unpaired) electrons. The van der Waals surface area contributed by atoms with Crippen molar-refractivity contribution in [2.24, 2.45) is 0 Å². The van der Waals surface area contributed by atoms with Gasteiger partial charge in [0.25, 0.3) is 5.56 Å². The van der Waals surface area contributed by atoms with Crippen LogP contribution in [0.5, 0.6) is 0 Å². The minimum absolute atomic E-state index is 0.118. The van der Waals surface area contributed by atoms with E-state index in [1.54, 1.807) is 18.2 Å². The summed E-state index contributed by atoms with van der Waals surface area (Å²) in [7, 11) is 0. The lowest BCUT2D eigenvalue weighted by molar-refractivity contribution is 0.815. The maximum Gasteiger partial charge on any atom is 0.254 e. The predicted octanol–water partition coefficient (Wildman–Crippen LogP) is 4.18. The minimum atomic E-state index is -0.145. The maximum absolute atomic E-state index is 12.1. The normalized spacial score (nSPS) is 11.1. The Hall–Kier alpha value is -1.32. The second-order valence-electron chi connectivity index (χ2n) is 4.66. The van der Waals surface area contributed by atoms with Crippen LogP contribution in [0.25, 0.3) is 11.4 Å². The van der Waals surface area contributed by atoms with E-state index in [-0.39, 0.29) is 11.5 Å². The maximum atomic E-state index is 12.1. The number of rotatable bonds is 2. The van der Waals surface area contributed by atoms with Gasteiger partial charge in [-0.3, -0.25) is 4.79 Å². The van der Waals surface area contributed by atoms with Crippen molar-refractivity contribution >= 4 is 23.2 Å². The molecule has 100 valence electrons. The van der Waals surface area contributed by atoms with Crippen LogP contribution in [0.3, 0.4) is 0 Å². The fourth-order valence-corrected chi connectivity index (χ4v) is 2.69. The van der Waals surface area contributed by atoms with Gasteiger partial charge in [0, 0.05) is 11.3 Å². The van der Waals surface area contributed by atoms with E-state index in [9.17, 15) is 4.79 Å². The Kier molecular flexibility index (Phi) is 3.97. The Bertz CT molecular complexity index is 657. The molecule has 19 heavy (non-hydrogen) atoms. The van der Waals surface area contributed by atoms with E-state index in [1.807, 2.05) is 20.8 Å². The lowest BCUT2D eigenvalue weighted by Crippen LogP contribution is -2.18. The summed E-state index contributed by atoms with van der Waals surface area (Å²) in [6.45, 7) is 5.74. The number of aromatic nitrogens is 2. The lowest BCUT2D eigenvalue weighted by Gasteiger charge is -2.11. The zero-order valence-corrected chi connectivity index (χ0v) is 12.4. The topological polar surface area (TPSA) is 45.8 Å². The molecule has 0 aliphatic carbocycles. The number of nitrogens with one attached hydrogen (secondary N) is 1. The van der Waals surface area contributed by atoms with Crippen LogP contribution in [0.1, 0.15) is 31.0 Å². The first-order valence-corrected chi connectivity index (χ1v) is 6.72. The highest BCUT2D eigenvalue weighted by Gasteiger charge is 2.15. The third-order valence-corrected chi connectivity index (χ3v) is 3.55. The summed E-state index contributed by atoms with van der Waals surface area (Å²) in [6.07, 6.45) is 0. The van der Waals surface area contributed by atoms with E-state index in [4.69, 9.17) is 23.2 Å².